The zero-order valence-electron chi connectivity index (χ0n) is 12.3. The van der Waals surface area contributed by atoms with Crippen LogP contribution in [0.3, 0.4) is 0 Å². The standard InChI is InChI=1S/C15H21BrN2O2.ClH/c1-10-7-11(3-4-14(10)16)15(19)18-6-5-13(20-2)8-12(18)9-17;/h3-4,7,12-13H,5-6,8-9,17H2,1-2H3;1H. The predicted molar refractivity (Wildman–Crippen MR) is 90.0 cm³/mol. The average molecular weight is 378 g/mol. The van der Waals surface area contributed by atoms with Crippen molar-refractivity contribution in [2.45, 2.75) is 31.9 Å². The SMILES string of the molecule is COC1CCN(C(=O)c2ccc(Br)c(C)c2)C(CN)C1.Cl. The van der Waals surface area contributed by atoms with Crippen molar-refractivity contribution in [2.75, 3.05) is 20.2 Å². The number of rotatable bonds is 3. The molecule has 4 nitrogen and oxygen atoms in total. The van der Waals surface area contributed by atoms with Gasteiger partial charge in [-0.25, -0.2) is 0 Å². The number of nitrogens with zero attached hydrogens (tertiary/aromatic N) is 1. The van der Waals surface area contributed by atoms with Gasteiger partial charge in [-0.1, -0.05) is 15.9 Å². The van der Waals surface area contributed by atoms with Crippen LogP contribution in [0.15, 0.2) is 22.7 Å². The highest BCUT2D eigenvalue weighted by Crippen LogP contribution is 2.23. The second kappa shape index (κ2) is 8.13. The Morgan fingerprint density at radius 2 is 2.24 bits per heavy atom. The fourth-order valence-corrected chi connectivity index (χ4v) is 2.91. The lowest BCUT2D eigenvalue weighted by atomic mass is 9.98. The zero-order chi connectivity index (χ0) is 14.7. The highest BCUT2D eigenvalue weighted by molar-refractivity contribution is 9.10. The Labute approximate surface area is 140 Å². The number of aryl methyl sites for hydroxylation is 1. The van der Waals surface area contributed by atoms with Crippen LogP contribution in [0.4, 0.5) is 0 Å². The maximum absolute atomic E-state index is 12.6. The molecule has 1 heterocycles. The van der Waals surface area contributed by atoms with Crippen LogP contribution in [-0.4, -0.2) is 43.2 Å². The molecule has 2 rings (SSSR count). The molecular weight excluding hydrogens is 356 g/mol. The number of carbonyl (C=O) groups excluding carboxylic acids is 1. The topological polar surface area (TPSA) is 55.6 Å². The van der Waals surface area contributed by atoms with Crippen LogP contribution in [-0.2, 0) is 4.74 Å². The Morgan fingerprint density at radius 3 is 2.81 bits per heavy atom. The van der Waals surface area contributed by atoms with E-state index in [2.05, 4.69) is 15.9 Å². The number of piperidine rings is 1. The van der Waals surface area contributed by atoms with Crippen LogP contribution in [0.25, 0.3) is 0 Å². The smallest absolute Gasteiger partial charge is 0.254 e. The van der Waals surface area contributed by atoms with Crippen LogP contribution in [0, 0.1) is 6.92 Å². The highest BCUT2D eigenvalue weighted by atomic mass is 79.9. The molecule has 1 saturated heterocycles. The molecule has 6 heteroatoms. The summed E-state index contributed by atoms with van der Waals surface area (Å²) in [4.78, 5) is 14.5. The first-order chi connectivity index (χ1) is 9.56. The monoisotopic (exact) mass is 376 g/mol. The van der Waals surface area contributed by atoms with E-state index in [1.807, 2.05) is 30.0 Å². The molecule has 21 heavy (non-hydrogen) atoms. The summed E-state index contributed by atoms with van der Waals surface area (Å²) < 4.78 is 6.41. The minimum Gasteiger partial charge on any atom is -0.381 e. The van der Waals surface area contributed by atoms with E-state index in [9.17, 15) is 4.79 Å². The molecule has 2 N–H and O–H groups in total. The van der Waals surface area contributed by atoms with E-state index in [1.54, 1.807) is 7.11 Å². The molecule has 1 fully saturated rings. The first kappa shape index (κ1) is 18.4. The summed E-state index contributed by atoms with van der Waals surface area (Å²) in [6.45, 7) is 3.16. The van der Waals surface area contributed by atoms with Crippen molar-refractivity contribution in [3.05, 3.63) is 33.8 Å². The summed E-state index contributed by atoms with van der Waals surface area (Å²) >= 11 is 3.46. The first-order valence-electron chi connectivity index (χ1n) is 6.86. The Morgan fingerprint density at radius 1 is 1.52 bits per heavy atom. The molecular formula is C15H22BrClN2O2. The van der Waals surface area contributed by atoms with E-state index < -0.39 is 0 Å². The summed E-state index contributed by atoms with van der Waals surface area (Å²) in [5, 5.41) is 0. The maximum Gasteiger partial charge on any atom is 0.254 e. The van der Waals surface area contributed by atoms with Gasteiger partial charge in [-0.2, -0.15) is 0 Å². The minimum absolute atomic E-state index is 0. The molecule has 2 unspecified atom stereocenters. The largest absolute Gasteiger partial charge is 0.381 e. The molecule has 0 spiro atoms. The second-order valence-corrected chi connectivity index (χ2v) is 6.09. The number of nitrogens with two attached hydrogens (primary N) is 1. The molecule has 1 aromatic carbocycles. The quantitative estimate of drug-likeness (QED) is 0.881. The fourth-order valence-electron chi connectivity index (χ4n) is 2.66. The number of hydrogen-bond acceptors (Lipinski definition) is 3. The third kappa shape index (κ3) is 4.19. The van der Waals surface area contributed by atoms with Gasteiger partial charge >= 0.3 is 0 Å². The lowest BCUT2D eigenvalue weighted by Crippen LogP contribution is -2.51. The van der Waals surface area contributed by atoms with Crippen molar-refractivity contribution in [3.63, 3.8) is 0 Å². The Hall–Kier alpha value is -0.620. The van der Waals surface area contributed by atoms with Crippen molar-refractivity contribution in [1.29, 1.82) is 0 Å². The van der Waals surface area contributed by atoms with Gasteiger partial charge in [0.15, 0.2) is 0 Å². The van der Waals surface area contributed by atoms with Gasteiger partial charge in [0.2, 0.25) is 0 Å². The van der Waals surface area contributed by atoms with E-state index in [0.29, 0.717) is 13.1 Å². The van der Waals surface area contributed by atoms with E-state index in [-0.39, 0.29) is 30.5 Å². The van der Waals surface area contributed by atoms with Gasteiger partial charge in [-0.3, -0.25) is 4.79 Å². The normalized spacial score (nSPS) is 21.8. The molecule has 118 valence electrons. The van der Waals surface area contributed by atoms with Crippen LogP contribution < -0.4 is 5.73 Å². The molecule has 0 aromatic heterocycles. The number of hydrogen-bond donors (Lipinski definition) is 1. The van der Waals surface area contributed by atoms with Crippen LogP contribution in [0.5, 0.6) is 0 Å². The van der Waals surface area contributed by atoms with Crippen molar-refractivity contribution >= 4 is 34.2 Å². The summed E-state index contributed by atoms with van der Waals surface area (Å²) in [5.41, 5.74) is 7.61. The number of benzene rings is 1. The number of methoxy groups -OCH3 is 1. The third-order valence-electron chi connectivity index (χ3n) is 3.94. The molecule has 1 aliphatic rings. The van der Waals surface area contributed by atoms with Crippen LogP contribution >= 0.6 is 28.3 Å². The zero-order valence-corrected chi connectivity index (χ0v) is 14.7. The molecule has 1 amide bonds. The summed E-state index contributed by atoms with van der Waals surface area (Å²) in [6.07, 6.45) is 1.89. The van der Waals surface area contributed by atoms with Gasteiger partial charge in [0, 0.05) is 36.3 Å². The average Bonchev–Trinajstić information content (AvgIpc) is 2.48. The highest BCUT2D eigenvalue weighted by Gasteiger charge is 2.31. The van der Waals surface area contributed by atoms with Crippen molar-refractivity contribution < 1.29 is 9.53 Å². The van der Waals surface area contributed by atoms with E-state index in [4.69, 9.17) is 10.5 Å². The Kier molecular flexibility index (Phi) is 7.13. The molecule has 0 saturated carbocycles. The molecule has 0 aliphatic carbocycles. The first-order valence-corrected chi connectivity index (χ1v) is 7.66. The van der Waals surface area contributed by atoms with Crippen molar-refractivity contribution in [2.24, 2.45) is 5.73 Å². The summed E-state index contributed by atoms with van der Waals surface area (Å²) in [5.74, 6) is 0.0607. The van der Waals surface area contributed by atoms with Gasteiger partial charge in [0.1, 0.15) is 0 Å². The molecule has 2 atom stereocenters. The molecule has 0 bridgehead atoms. The van der Waals surface area contributed by atoms with Gasteiger partial charge in [-0.05, 0) is 43.5 Å². The second-order valence-electron chi connectivity index (χ2n) is 5.23. The number of amides is 1. The van der Waals surface area contributed by atoms with Gasteiger partial charge < -0.3 is 15.4 Å². The third-order valence-corrected chi connectivity index (χ3v) is 4.83. The molecule has 1 aromatic rings. The number of carbonyl (C=O) groups is 1. The number of halogens is 2. The Bertz CT molecular complexity index is 499. The predicted octanol–water partition coefficient (Wildman–Crippen LogP) is 2.76. The van der Waals surface area contributed by atoms with E-state index in [0.717, 1.165) is 28.4 Å². The van der Waals surface area contributed by atoms with Crippen LogP contribution in [0.2, 0.25) is 0 Å². The van der Waals surface area contributed by atoms with E-state index in [1.165, 1.54) is 0 Å². The lowest BCUT2D eigenvalue weighted by molar-refractivity contribution is 0.0139. The van der Waals surface area contributed by atoms with Crippen molar-refractivity contribution in [3.8, 4) is 0 Å². The van der Waals surface area contributed by atoms with Crippen LogP contribution in [0.1, 0.15) is 28.8 Å². The number of likely N-dealkylation sites (tertiary alicyclic amines) is 1. The Balaban J connectivity index is 0.00000220. The van der Waals surface area contributed by atoms with E-state index >= 15 is 0 Å². The van der Waals surface area contributed by atoms with Gasteiger partial charge in [0.05, 0.1) is 6.10 Å². The number of ether oxygens (including phenoxy) is 1. The summed E-state index contributed by atoms with van der Waals surface area (Å²) in [6, 6.07) is 5.75. The van der Waals surface area contributed by atoms with Gasteiger partial charge in [-0.15, -0.1) is 12.4 Å². The maximum atomic E-state index is 12.6. The molecule has 1 aliphatic heterocycles. The summed E-state index contributed by atoms with van der Waals surface area (Å²) in [7, 11) is 1.72. The fraction of sp³-hybridized carbons (Fsp3) is 0.533. The minimum atomic E-state index is 0. The van der Waals surface area contributed by atoms with Gasteiger partial charge in [0.25, 0.3) is 5.91 Å². The molecule has 0 radical (unpaired) electrons. The lowest BCUT2D eigenvalue weighted by Gasteiger charge is -2.38. The van der Waals surface area contributed by atoms with Crippen molar-refractivity contribution in [1.82, 2.24) is 4.90 Å².